The summed E-state index contributed by atoms with van der Waals surface area (Å²) in [7, 11) is 2.18. The van der Waals surface area contributed by atoms with Crippen LogP contribution >= 0.6 is 0 Å². The second kappa shape index (κ2) is 7.69. The number of piperazine rings is 1. The van der Waals surface area contributed by atoms with Crippen LogP contribution in [0, 0.1) is 0 Å². The number of nitrogens with zero attached hydrogens (tertiary/aromatic N) is 6. The summed E-state index contributed by atoms with van der Waals surface area (Å²) in [6.07, 6.45) is 7.26. The van der Waals surface area contributed by atoms with E-state index in [1.54, 1.807) is 12.4 Å². The number of H-pyrrole nitrogens is 1. The lowest BCUT2D eigenvalue weighted by atomic mass is 10.1. The molecule has 0 amide bonds. The number of anilines is 1. The van der Waals surface area contributed by atoms with E-state index in [0.29, 0.717) is 5.82 Å². The van der Waals surface area contributed by atoms with Gasteiger partial charge in [0.25, 0.3) is 0 Å². The summed E-state index contributed by atoms with van der Waals surface area (Å²) in [6.45, 7) is 4.34. The van der Waals surface area contributed by atoms with Gasteiger partial charge in [0.15, 0.2) is 5.82 Å². The van der Waals surface area contributed by atoms with Crippen LogP contribution in [-0.4, -0.2) is 63.0 Å². The summed E-state index contributed by atoms with van der Waals surface area (Å²) in [5.41, 5.74) is 6.96. The van der Waals surface area contributed by atoms with E-state index in [0.717, 1.165) is 64.9 Å². The average Bonchev–Trinajstić information content (AvgIpc) is 3.22. The number of rotatable bonds is 3. The first-order valence-electron chi connectivity index (χ1n) is 10.8. The van der Waals surface area contributed by atoms with Gasteiger partial charge in [-0.3, -0.25) is 4.98 Å². The van der Waals surface area contributed by atoms with Crippen molar-refractivity contribution in [1.29, 1.82) is 0 Å². The van der Waals surface area contributed by atoms with Gasteiger partial charge in [0.1, 0.15) is 11.2 Å². The van der Waals surface area contributed by atoms with Crippen molar-refractivity contribution in [3.63, 3.8) is 0 Å². The van der Waals surface area contributed by atoms with Gasteiger partial charge >= 0.3 is 0 Å². The fourth-order valence-corrected chi connectivity index (χ4v) is 4.27. The molecule has 5 heterocycles. The SMILES string of the molecule is CN1CCN(c2ccc(-c3cnc4[nH]c5cnc(-c6cccnc6)nc5c4c3)cc2)CC1. The molecule has 0 atom stereocenters. The number of benzene rings is 1. The van der Waals surface area contributed by atoms with Gasteiger partial charge < -0.3 is 14.8 Å². The lowest BCUT2D eigenvalue weighted by molar-refractivity contribution is 0.313. The lowest BCUT2D eigenvalue weighted by Gasteiger charge is -2.34. The van der Waals surface area contributed by atoms with Crippen molar-refractivity contribution in [2.75, 3.05) is 38.1 Å². The molecule has 158 valence electrons. The summed E-state index contributed by atoms with van der Waals surface area (Å²) in [5, 5.41) is 0.994. The number of hydrogen-bond acceptors (Lipinski definition) is 6. The Morgan fingerprint density at radius 1 is 0.844 bits per heavy atom. The predicted octanol–water partition coefficient (Wildman–Crippen LogP) is 3.99. The topological polar surface area (TPSA) is 73.8 Å². The smallest absolute Gasteiger partial charge is 0.161 e. The minimum atomic E-state index is 0.661. The van der Waals surface area contributed by atoms with E-state index < -0.39 is 0 Å². The third-order valence-electron chi connectivity index (χ3n) is 6.17. The molecular formula is C25H23N7. The largest absolute Gasteiger partial charge is 0.369 e. The van der Waals surface area contributed by atoms with Gasteiger partial charge in [0.05, 0.1) is 11.7 Å². The van der Waals surface area contributed by atoms with Gasteiger partial charge in [-0.25, -0.2) is 15.0 Å². The van der Waals surface area contributed by atoms with Gasteiger partial charge in [0, 0.05) is 67.0 Å². The van der Waals surface area contributed by atoms with E-state index in [9.17, 15) is 0 Å². The molecule has 0 radical (unpaired) electrons. The molecule has 0 saturated carbocycles. The standard InChI is InChI=1S/C25H23N7/c1-31-9-11-32(12-10-31)20-6-4-17(5-7-20)19-13-21-23-22(29-25(21)27-15-19)16-28-24(30-23)18-3-2-8-26-14-18/h2-8,13-16H,9-12H2,1H3,(H,27,29). The molecular weight excluding hydrogens is 398 g/mol. The predicted molar refractivity (Wildman–Crippen MR) is 128 cm³/mol. The molecule has 5 aromatic rings. The van der Waals surface area contributed by atoms with Crippen LogP contribution in [0.5, 0.6) is 0 Å². The van der Waals surface area contributed by atoms with Crippen molar-refractivity contribution in [3.05, 3.63) is 67.3 Å². The monoisotopic (exact) mass is 421 g/mol. The molecule has 1 N–H and O–H groups in total. The maximum Gasteiger partial charge on any atom is 0.161 e. The highest BCUT2D eigenvalue weighted by molar-refractivity contribution is 6.04. The van der Waals surface area contributed by atoms with Crippen LogP contribution < -0.4 is 4.90 Å². The first kappa shape index (κ1) is 18.9. The van der Waals surface area contributed by atoms with Crippen LogP contribution in [0.4, 0.5) is 5.69 Å². The molecule has 0 spiro atoms. The van der Waals surface area contributed by atoms with Crippen molar-refractivity contribution in [3.8, 4) is 22.5 Å². The Morgan fingerprint density at radius 3 is 2.47 bits per heavy atom. The van der Waals surface area contributed by atoms with E-state index in [-0.39, 0.29) is 0 Å². The Hall–Kier alpha value is -3.84. The molecule has 1 saturated heterocycles. The Labute approximate surface area is 185 Å². The third-order valence-corrected chi connectivity index (χ3v) is 6.17. The molecule has 1 aliphatic heterocycles. The number of hydrogen-bond donors (Lipinski definition) is 1. The molecule has 7 heteroatoms. The summed E-state index contributed by atoms with van der Waals surface area (Å²) in [6, 6.07) is 14.8. The summed E-state index contributed by atoms with van der Waals surface area (Å²) in [4.78, 5) is 26.3. The van der Waals surface area contributed by atoms with Crippen molar-refractivity contribution < 1.29 is 0 Å². The van der Waals surface area contributed by atoms with Crippen molar-refractivity contribution in [1.82, 2.24) is 29.8 Å². The second-order valence-electron chi connectivity index (χ2n) is 8.28. The van der Waals surface area contributed by atoms with Crippen LogP contribution in [0.3, 0.4) is 0 Å². The molecule has 1 aliphatic rings. The van der Waals surface area contributed by atoms with Crippen LogP contribution in [0.1, 0.15) is 0 Å². The van der Waals surface area contributed by atoms with Crippen molar-refractivity contribution >= 4 is 27.8 Å². The average molecular weight is 422 g/mol. The molecule has 32 heavy (non-hydrogen) atoms. The highest BCUT2D eigenvalue weighted by Gasteiger charge is 2.15. The normalized spacial score (nSPS) is 15.0. The van der Waals surface area contributed by atoms with Crippen molar-refractivity contribution in [2.24, 2.45) is 0 Å². The van der Waals surface area contributed by atoms with E-state index in [1.807, 2.05) is 24.5 Å². The summed E-state index contributed by atoms with van der Waals surface area (Å²) in [5.74, 6) is 0.661. The van der Waals surface area contributed by atoms with Gasteiger partial charge in [-0.2, -0.15) is 0 Å². The lowest BCUT2D eigenvalue weighted by Crippen LogP contribution is -2.44. The fraction of sp³-hybridized carbons (Fsp3) is 0.200. The summed E-state index contributed by atoms with van der Waals surface area (Å²) < 4.78 is 0. The Kier molecular flexibility index (Phi) is 4.54. The quantitative estimate of drug-likeness (QED) is 0.475. The number of nitrogens with one attached hydrogen (secondary N) is 1. The molecule has 7 nitrogen and oxygen atoms in total. The van der Waals surface area contributed by atoms with E-state index in [2.05, 4.69) is 67.1 Å². The second-order valence-corrected chi connectivity index (χ2v) is 8.28. The first-order valence-corrected chi connectivity index (χ1v) is 10.8. The molecule has 0 aliphatic carbocycles. The van der Waals surface area contributed by atoms with Crippen LogP contribution in [0.15, 0.2) is 67.3 Å². The first-order chi connectivity index (χ1) is 15.7. The van der Waals surface area contributed by atoms with Gasteiger partial charge in [-0.1, -0.05) is 12.1 Å². The molecule has 0 unspecified atom stereocenters. The summed E-state index contributed by atoms with van der Waals surface area (Å²) >= 11 is 0. The zero-order valence-electron chi connectivity index (χ0n) is 17.9. The third kappa shape index (κ3) is 3.36. The number of pyridine rings is 2. The number of fused-ring (bicyclic) bond motifs is 3. The molecule has 0 bridgehead atoms. The van der Waals surface area contributed by atoms with Gasteiger partial charge in [-0.05, 0) is 42.9 Å². The van der Waals surface area contributed by atoms with Crippen molar-refractivity contribution in [2.45, 2.75) is 0 Å². The fourth-order valence-electron chi connectivity index (χ4n) is 4.27. The molecule has 6 rings (SSSR count). The van der Waals surface area contributed by atoms with Gasteiger partial charge in [-0.15, -0.1) is 0 Å². The number of likely N-dealkylation sites (N-methyl/N-ethyl adjacent to an activating group) is 1. The molecule has 4 aromatic heterocycles. The number of aromatic amines is 1. The van der Waals surface area contributed by atoms with E-state index >= 15 is 0 Å². The van der Waals surface area contributed by atoms with E-state index in [1.165, 1.54) is 5.69 Å². The van der Waals surface area contributed by atoms with E-state index in [4.69, 9.17) is 4.98 Å². The highest BCUT2D eigenvalue weighted by atomic mass is 15.2. The van der Waals surface area contributed by atoms with Gasteiger partial charge in [0.2, 0.25) is 0 Å². The Morgan fingerprint density at radius 2 is 1.69 bits per heavy atom. The van der Waals surface area contributed by atoms with Crippen LogP contribution in [0.25, 0.3) is 44.6 Å². The Bertz CT molecular complexity index is 1390. The van der Waals surface area contributed by atoms with Crippen LogP contribution in [0.2, 0.25) is 0 Å². The molecule has 1 fully saturated rings. The maximum atomic E-state index is 4.82. The highest BCUT2D eigenvalue weighted by Crippen LogP contribution is 2.29. The molecule has 1 aromatic carbocycles. The minimum Gasteiger partial charge on any atom is -0.369 e. The zero-order valence-corrected chi connectivity index (χ0v) is 17.9. The van der Waals surface area contributed by atoms with Crippen LogP contribution in [-0.2, 0) is 0 Å². The maximum absolute atomic E-state index is 4.82. The zero-order chi connectivity index (χ0) is 21.5. The number of aromatic nitrogens is 5. The minimum absolute atomic E-state index is 0.661. The Balaban J connectivity index is 1.36.